The fraction of sp³-hybridized carbons (Fsp3) is 0.381. The number of hydrogen-bond acceptors (Lipinski definition) is 4. The Morgan fingerprint density at radius 1 is 1.19 bits per heavy atom. The van der Waals surface area contributed by atoms with Crippen LogP contribution in [0, 0.1) is 5.92 Å². The van der Waals surface area contributed by atoms with E-state index in [0.29, 0.717) is 11.5 Å². The number of rotatable bonds is 4. The van der Waals surface area contributed by atoms with Crippen molar-refractivity contribution in [1.29, 1.82) is 0 Å². The van der Waals surface area contributed by atoms with E-state index in [0.717, 1.165) is 43.8 Å². The van der Waals surface area contributed by atoms with E-state index in [-0.39, 0.29) is 5.91 Å². The van der Waals surface area contributed by atoms with Gasteiger partial charge in [-0.25, -0.2) is 4.98 Å². The Morgan fingerprint density at radius 2 is 1.96 bits per heavy atom. The number of carbonyl (C=O) groups is 1. The standard InChI is InChI=1S/C21H25N5O/c1-24(21(27)18-13-22-25(2)15-18)14-16-9-11-26(12-10-16)20-8-7-17-5-3-4-6-19(17)23-20/h3-8,13,15-16H,9-12,14H2,1-2H3. The molecule has 6 heteroatoms. The average molecular weight is 363 g/mol. The van der Waals surface area contributed by atoms with Gasteiger partial charge in [0.1, 0.15) is 5.82 Å². The lowest BCUT2D eigenvalue weighted by Crippen LogP contribution is -2.39. The Kier molecular flexibility index (Phi) is 4.79. The Labute approximate surface area is 159 Å². The molecule has 6 nitrogen and oxygen atoms in total. The predicted molar refractivity (Wildman–Crippen MR) is 107 cm³/mol. The summed E-state index contributed by atoms with van der Waals surface area (Å²) >= 11 is 0. The van der Waals surface area contributed by atoms with Crippen molar-refractivity contribution in [3.63, 3.8) is 0 Å². The number of hydrogen-bond donors (Lipinski definition) is 0. The number of piperidine rings is 1. The monoisotopic (exact) mass is 363 g/mol. The summed E-state index contributed by atoms with van der Waals surface area (Å²) in [5.74, 6) is 1.61. The summed E-state index contributed by atoms with van der Waals surface area (Å²) in [5, 5.41) is 5.26. The molecule has 1 aliphatic heterocycles. The third-order valence-electron chi connectivity index (χ3n) is 5.35. The van der Waals surface area contributed by atoms with Crippen LogP contribution in [0.15, 0.2) is 48.8 Å². The lowest BCUT2D eigenvalue weighted by atomic mass is 9.96. The molecule has 3 heterocycles. The van der Waals surface area contributed by atoms with Crippen LogP contribution in [0.25, 0.3) is 10.9 Å². The van der Waals surface area contributed by atoms with Gasteiger partial charge in [-0.3, -0.25) is 9.48 Å². The summed E-state index contributed by atoms with van der Waals surface area (Å²) in [6.07, 6.45) is 5.54. The molecule has 3 aromatic rings. The molecule has 0 N–H and O–H groups in total. The first kappa shape index (κ1) is 17.5. The number of fused-ring (bicyclic) bond motifs is 1. The van der Waals surface area contributed by atoms with Gasteiger partial charge in [0.05, 0.1) is 17.3 Å². The number of carbonyl (C=O) groups excluding carboxylic acids is 1. The van der Waals surface area contributed by atoms with Crippen LogP contribution in [0.2, 0.25) is 0 Å². The highest BCUT2D eigenvalue weighted by Crippen LogP contribution is 2.24. The van der Waals surface area contributed by atoms with E-state index in [1.54, 1.807) is 17.1 Å². The van der Waals surface area contributed by atoms with Gasteiger partial charge in [-0.1, -0.05) is 18.2 Å². The number of nitrogens with zero attached hydrogens (tertiary/aromatic N) is 5. The molecule has 27 heavy (non-hydrogen) atoms. The molecule has 1 aliphatic rings. The van der Waals surface area contributed by atoms with E-state index in [1.165, 1.54) is 5.39 Å². The smallest absolute Gasteiger partial charge is 0.256 e. The molecule has 4 rings (SSSR count). The minimum Gasteiger partial charge on any atom is -0.357 e. The van der Waals surface area contributed by atoms with Gasteiger partial charge in [0.25, 0.3) is 5.91 Å². The molecule has 0 aliphatic carbocycles. The molecular formula is C21H25N5O. The average Bonchev–Trinajstić information content (AvgIpc) is 3.14. The number of pyridine rings is 1. The summed E-state index contributed by atoms with van der Waals surface area (Å²) in [6.45, 7) is 2.74. The Morgan fingerprint density at radius 3 is 2.70 bits per heavy atom. The number of aromatic nitrogens is 3. The molecule has 0 spiro atoms. The summed E-state index contributed by atoms with van der Waals surface area (Å²) in [5.41, 5.74) is 1.69. The normalized spacial score (nSPS) is 15.3. The second-order valence-electron chi connectivity index (χ2n) is 7.38. The van der Waals surface area contributed by atoms with Crippen LogP contribution in [0.3, 0.4) is 0 Å². The highest BCUT2D eigenvalue weighted by Gasteiger charge is 2.23. The van der Waals surface area contributed by atoms with Crippen LogP contribution < -0.4 is 4.90 Å². The summed E-state index contributed by atoms with van der Waals surface area (Å²) in [6, 6.07) is 12.5. The maximum Gasteiger partial charge on any atom is 0.256 e. The van der Waals surface area contributed by atoms with Crippen LogP contribution in [-0.4, -0.2) is 52.3 Å². The second kappa shape index (κ2) is 7.39. The van der Waals surface area contributed by atoms with E-state index in [4.69, 9.17) is 4.98 Å². The number of aryl methyl sites for hydroxylation is 1. The van der Waals surface area contributed by atoms with Gasteiger partial charge in [-0.15, -0.1) is 0 Å². The van der Waals surface area contributed by atoms with Crippen molar-refractivity contribution in [3.8, 4) is 0 Å². The lowest BCUT2D eigenvalue weighted by molar-refractivity contribution is 0.0765. The molecule has 1 amide bonds. The highest BCUT2D eigenvalue weighted by molar-refractivity contribution is 5.93. The topological polar surface area (TPSA) is 54.3 Å². The third kappa shape index (κ3) is 3.79. The minimum absolute atomic E-state index is 0.0433. The molecule has 2 aromatic heterocycles. The zero-order valence-electron chi connectivity index (χ0n) is 15.9. The molecule has 1 fully saturated rings. The van der Waals surface area contributed by atoms with Crippen LogP contribution in [0.1, 0.15) is 23.2 Å². The maximum absolute atomic E-state index is 12.5. The van der Waals surface area contributed by atoms with E-state index in [9.17, 15) is 4.79 Å². The van der Waals surface area contributed by atoms with Gasteiger partial charge >= 0.3 is 0 Å². The summed E-state index contributed by atoms with van der Waals surface area (Å²) in [7, 11) is 3.71. The maximum atomic E-state index is 12.5. The quantitative estimate of drug-likeness (QED) is 0.715. The van der Waals surface area contributed by atoms with Gasteiger partial charge in [-0.05, 0) is 37.0 Å². The molecule has 0 atom stereocenters. The zero-order chi connectivity index (χ0) is 18.8. The van der Waals surface area contributed by atoms with Crippen molar-refractivity contribution >= 4 is 22.6 Å². The lowest BCUT2D eigenvalue weighted by Gasteiger charge is -2.34. The van der Waals surface area contributed by atoms with Gasteiger partial charge in [0.15, 0.2) is 0 Å². The van der Waals surface area contributed by atoms with Gasteiger partial charge < -0.3 is 9.80 Å². The molecule has 140 valence electrons. The van der Waals surface area contributed by atoms with Crippen LogP contribution in [0.5, 0.6) is 0 Å². The van der Waals surface area contributed by atoms with Crippen LogP contribution in [-0.2, 0) is 7.05 Å². The van der Waals surface area contributed by atoms with E-state index >= 15 is 0 Å². The SMILES string of the molecule is CN(CC1CCN(c2ccc3ccccc3n2)CC1)C(=O)c1cnn(C)c1. The van der Waals surface area contributed by atoms with Crippen molar-refractivity contribution in [2.45, 2.75) is 12.8 Å². The number of anilines is 1. The number of amides is 1. The van der Waals surface area contributed by atoms with Crippen LogP contribution >= 0.6 is 0 Å². The second-order valence-corrected chi connectivity index (χ2v) is 7.38. The molecule has 1 aromatic carbocycles. The van der Waals surface area contributed by atoms with Gasteiger partial charge in [0, 0.05) is 45.3 Å². The third-order valence-corrected chi connectivity index (χ3v) is 5.35. The molecule has 0 radical (unpaired) electrons. The van der Waals surface area contributed by atoms with E-state index in [2.05, 4.69) is 34.3 Å². The molecule has 0 unspecified atom stereocenters. The highest BCUT2D eigenvalue weighted by atomic mass is 16.2. The number of benzene rings is 1. The largest absolute Gasteiger partial charge is 0.357 e. The minimum atomic E-state index is 0.0433. The summed E-state index contributed by atoms with van der Waals surface area (Å²) in [4.78, 5) is 21.5. The van der Waals surface area contributed by atoms with E-state index < -0.39 is 0 Å². The zero-order valence-corrected chi connectivity index (χ0v) is 15.9. The molecule has 1 saturated heterocycles. The predicted octanol–water partition coefficient (Wildman–Crippen LogP) is 2.96. The number of para-hydroxylation sites is 1. The Balaban J connectivity index is 1.34. The van der Waals surface area contributed by atoms with E-state index in [1.807, 2.05) is 31.1 Å². The van der Waals surface area contributed by atoms with Gasteiger partial charge in [-0.2, -0.15) is 5.10 Å². The first-order valence-corrected chi connectivity index (χ1v) is 9.45. The van der Waals surface area contributed by atoms with Crippen molar-refractivity contribution in [3.05, 3.63) is 54.4 Å². The molecule has 0 saturated carbocycles. The summed E-state index contributed by atoms with van der Waals surface area (Å²) < 4.78 is 1.66. The van der Waals surface area contributed by atoms with Crippen molar-refractivity contribution in [1.82, 2.24) is 19.7 Å². The van der Waals surface area contributed by atoms with Crippen molar-refractivity contribution < 1.29 is 4.79 Å². The van der Waals surface area contributed by atoms with Crippen molar-refractivity contribution in [2.24, 2.45) is 13.0 Å². The Bertz CT molecular complexity index is 942. The fourth-order valence-electron chi connectivity index (χ4n) is 3.80. The fourth-order valence-corrected chi connectivity index (χ4v) is 3.80. The molecule has 0 bridgehead atoms. The first-order chi connectivity index (χ1) is 13.1. The van der Waals surface area contributed by atoms with Crippen molar-refractivity contribution in [2.75, 3.05) is 31.6 Å². The first-order valence-electron chi connectivity index (χ1n) is 9.45. The van der Waals surface area contributed by atoms with Crippen LogP contribution in [0.4, 0.5) is 5.82 Å². The Hall–Kier alpha value is -2.89. The molecular weight excluding hydrogens is 338 g/mol. The van der Waals surface area contributed by atoms with Gasteiger partial charge in [0.2, 0.25) is 0 Å².